The van der Waals surface area contributed by atoms with Crippen LogP contribution in [0.1, 0.15) is 20.8 Å². The van der Waals surface area contributed by atoms with E-state index in [0.29, 0.717) is 192 Å². The molecule has 0 fully saturated rings. The number of alkyl carbamates (subject to hydrolysis) is 1. The minimum Gasteiger partial charge on any atom is -0.444 e. The second kappa shape index (κ2) is 43.9. The van der Waals surface area contributed by atoms with E-state index in [4.69, 9.17) is 71.1 Å². The average Bonchev–Trinajstić information content (AvgIpc) is 3.12. The van der Waals surface area contributed by atoms with Crippen LogP contribution in [0.5, 0.6) is 0 Å². The molecule has 318 valence electrons. The summed E-state index contributed by atoms with van der Waals surface area (Å²) >= 11 is 3.30. The lowest BCUT2D eigenvalue weighted by Crippen LogP contribution is -2.34. The first-order valence-electron chi connectivity index (χ1n) is 18.6. The van der Waals surface area contributed by atoms with Crippen LogP contribution in [0.4, 0.5) is 4.79 Å². The zero-order valence-corrected chi connectivity index (χ0v) is 34.2. The molecule has 0 aromatic carbocycles. The molecule has 0 radical (unpaired) electrons. The van der Waals surface area contributed by atoms with E-state index in [0.717, 1.165) is 5.33 Å². The summed E-state index contributed by atoms with van der Waals surface area (Å²) in [4.78, 5) is 11.5. The number of hydrogen-bond acceptors (Lipinski definition) is 16. The zero-order chi connectivity index (χ0) is 38.6. The van der Waals surface area contributed by atoms with E-state index >= 15 is 0 Å². The Hall–Kier alpha value is -0.810. The predicted octanol–water partition coefficient (Wildman–Crippen LogP) is 2.14. The number of alkyl halides is 1. The molecular weight excluding hydrogens is 770 g/mol. The highest BCUT2D eigenvalue weighted by atomic mass is 79.9. The van der Waals surface area contributed by atoms with Gasteiger partial charge in [0.1, 0.15) is 5.60 Å². The maximum atomic E-state index is 11.5. The third-order valence-corrected chi connectivity index (χ3v) is 6.30. The summed E-state index contributed by atoms with van der Waals surface area (Å²) in [5.74, 6) is 0. The van der Waals surface area contributed by atoms with Crippen molar-refractivity contribution in [2.24, 2.45) is 0 Å². The van der Waals surface area contributed by atoms with E-state index in [-0.39, 0.29) is 0 Å². The van der Waals surface area contributed by atoms with Crippen molar-refractivity contribution < 1.29 is 75.8 Å². The number of halogens is 1. The monoisotopic (exact) mass is 839 g/mol. The summed E-state index contributed by atoms with van der Waals surface area (Å²) in [5, 5.41) is 3.46. The Balaban J connectivity index is 3.09. The van der Waals surface area contributed by atoms with Gasteiger partial charge in [-0.15, -0.1) is 0 Å². The second-order valence-electron chi connectivity index (χ2n) is 11.7. The Morgan fingerprint density at radius 3 is 0.736 bits per heavy atom. The third-order valence-electron chi connectivity index (χ3n) is 5.97. The van der Waals surface area contributed by atoms with Crippen molar-refractivity contribution in [2.45, 2.75) is 26.4 Å². The largest absolute Gasteiger partial charge is 0.444 e. The first-order valence-corrected chi connectivity index (χ1v) is 19.7. The van der Waals surface area contributed by atoms with Crippen LogP contribution in [0, 0.1) is 0 Å². The Labute approximate surface area is 325 Å². The van der Waals surface area contributed by atoms with Crippen molar-refractivity contribution >= 4 is 22.0 Å². The quantitative estimate of drug-likeness (QED) is 0.0700. The Bertz CT molecular complexity index is 726. The predicted molar refractivity (Wildman–Crippen MR) is 199 cm³/mol. The molecule has 1 N–H and O–H groups in total. The molecule has 0 spiro atoms. The lowest BCUT2D eigenvalue weighted by molar-refractivity contribution is -0.0295. The number of nitrogens with one attached hydrogen (secondary N) is 1. The zero-order valence-electron chi connectivity index (χ0n) is 32.6. The molecule has 18 heteroatoms. The average molecular weight is 841 g/mol. The highest BCUT2D eigenvalue weighted by Crippen LogP contribution is 2.06. The minimum atomic E-state index is -0.514. The van der Waals surface area contributed by atoms with Crippen molar-refractivity contribution in [2.75, 3.05) is 197 Å². The van der Waals surface area contributed by atoms with Crippen LogP contribution >= 0.6 is 15.9 Å². The van der Waals surface area contributed by atoms with E-state index < -0.39 is 11.7 Å². The van der Waals surface area contributed by atoms with Crippen molar-refractivity contribution in [1.82, 2.24) is 5.32 Å². The Morgan fingerprint density at radius 2 is 0.547 bits per heavy atom. The van der Waals surface area contributed by atoms with Crippen molar-refractivity contribution in [3.8, 4) is 0 Å². The van der Waals surface area contributed by atoms with Crippen LogP contribution in [-0.2, 0) is 71.1 Å². The molecule has 0 saturated carbocycles. The summed E-state index contributed by atoms with van der Waals surface area (Å²) in [6.07, 6.45) is -0.454. The van der Waals surface area contributed by atoms with Crippen molar-refractivity contribution in [3.63, 3.8) is 0 Å². The first-order chi connectivity index (χ1) is 26.0. The van der Waals surface area contributed by atoms with Gasteiger partial charge in [0, 0.05) is 11.9 Å². The number of rotatable bonds is 44. The number of carbonyl (C=O) groups excluding carboxylic acids is 1. The maximum absolute atomic E-state index is 11.5. The van der Waals surface area contributed by atoms with Gasteiger partial charge in [-0.1, -0.05) is 15.9 Å². The third kappa shape index (κ3) is 49.2. The molecule has 0 aliphatic heterocycles. The standard InChI is InChI=1S/C35H70BrNO16/c1-35(2,3)53-34(38)37-5-7-40-9-11-42-13-15-44-17-19-46-21-23-48-25-27-50-29-31-52-33-32-51-30-28-49-26-24-47-22-20-45-18-16-43-14-12-41-10-8-39-6-4-36/h4-33H2,1-3H3,(H,37,38). The molecule has 0 rings (SSSR count). The van der Waals surface area contributed by atoms with Gasteiger partial charge in [0.25, 0.3) is 0 Å². The van der Waals surface area contributed by atoms with Crippen LogP contribution in [0.15, 0.2) is 0 Å². The van der Waals surface area contributed by atoms with Crippen LogP contribution in [-0.4, -0.2) is 209 Å². The normalized spacial score (nSPS) is 11.8. The van der Waals surface area contributed by atoms with Crippen LogP contribution in [0.25, 0.3) is 0 Å². The topological polar surface area (TPSA) is 168 Å². The smallest absolute Gasteiger partial charge is 0.407 e. The van der Waals surface area contributed by atoms with E-state index in [1.807, 2.05) is 20.8 Å². The van der Waals surface area contributed by atoms with Gasteiger partial charge in [0.05, 0.1) is 185 Å². The number of amides is 1. The fourth-order valence-corrected chi connectivity index (χ4v) is 3.78. The van der Waals surface area contributed by atoms with Crippen molar-refractivity contribution in [3.05, 3.63) is 0 Å². The van der Waals surface area contributed by atoms with Crippen LogP contribution in [0.3, 0.4) is 0 Å². The molecule has 0 aromatic heterocycles. The summed E-state index contributed by atoms with van der Waals surface area (Å²) in [6, 6.07) is 0. The molecular formula is C35H70BrNO16. The molecule has 1 amide bonds. The fraction of sp³-hybridized carbons (Fsp3) is 0.971. The van der Waals surface area contributed by atoms with Crippen LogP contribution in [0.2, 0.25) is 0 Å². The number of carbonyl (C=O) groups is 1. The molecule has 0 atom stereocenters. The van der Waals surface area contributed by atoms with Gasteiger partial charge in [-0.3, -0.25) is 0 Å². The minimum absolute atomic E-state index is 0.380. The van der Waals surface area contributed by atoms with Gasteiger partial charge in [-0.05, 0) is 20.8 Å². The van der Waals surface area contributed by atoms with Gasteiger partial charge in [0.15, 0.2) is 0 Å². The van der Waals surface area contributed by atoms with Gasteiger partial charge in [-0.25, -0.2) is 4.79 Å². The van der Waals surface area contributed by atoms with E-state index in [1.54, 1.807) is 0 Å². The van der Waals surface area contributed by atoms with E-state index in [1.165, 1.54) is 0 Å². The lowest BCUT2D eigenvalue weighted by Gasteiger charge is -2.19. The van der Waals surface area contributed by atoms with E-state index in [2.05, 4.69) is 21.2 Å². The molecule has 0 saturated heterocycles. The van der Waals surface area contributed by atoms with Gasteiger partial charge < -0.3 is 76.4 Å². The number of hydrogen-bond donors (Lipinski definition) is 1. The van der Waals surface area contributed by atoms with Crippen LogP contribution < -0.4 is 5.32 Å². The molecule has 0 bridgehead atoms. The molecule has 0 unspecified atom stereocenters. The molecule has 0 aliphatic carbocycles. The lowest BCUT2D eigenvalue weighted by atomic mass is 10.2. The van der Waals surface area contributed by atoms with Crippen molar-refractivity contribution in [1.29, 1.82) is 0 Å². The molecule has 0 heterocycles. The van der Waals surface area contributed by atoms with Gasteiger partial charge >= 0.3 is 6.09 Å². The number of ether oxygens (including phenoxy) is 15. The highest BCUT2D eigenvalue weighted by molar-refractivity contribution is 9.09. The fourth-order valence-electron chi connectivity index (χ4n) is 3.55. The SMILES string of the molecule is CC(C)(C)OC(=O)NCCOCCOCCOCCOCCOCCOCCOCCOCCOCCOCCOCCOCCOCCOCCBr. The maximum Gasteiger partial charge on any atom is 0.407 e. The Kier molecular flexibility index (Phi) is 43.2. The summed E-state index contributed by atoms with van der Waals surface area (Å²) < 4.78 is 81.4. The summed E-state index contributed by atoms with van der Waals surface area (Å²) in [7, 11) is 0. The van der Waals surface area contributed by atoms with Gasteiger partial charge in [-0.2, -0.15) is 0 Å². The molecule has 0 aromatic rings. The second-order valence-corrected chi connectivity index (χ2v) is 12.5. The summed E-state index contributed by atoms with van der Waals surface area (Å²) in [6.45, 7) is 20.0. The Morgan fingerprint density at radius 1 is 0.358 bits per heavy atom. The molecule has 17 nitrogen and oxygen atoms in total. The van der Waals surface area contributed by atoms with Gasteiger partial charge in [0.2, 0.25) is 0 Å². The first kappa shape index (κ1) is 52.2. The van der Waals surface area contributed by atoms with E-state index in [9.17, 15) is 4.79 Å². The highest BCUT2D eigenvalue weighted by Gasteiger charge is 2.15. The molecule has 53 heavy (non-hydrogen) atoms. The molecule has 0 aliphatic rings. The summed E-state index contributed by atoms with van der Waals surface area (Å²) in [5.41, 5.74) is -0.514.